The molecule has 3 heterocycles. The van der Waals surface area contributed by atoms with Gasteiger partial charge >= 0.3 is 24.1 Å². The van der Waals surface area contributed by atoms with E-state index in [1.807, 2.05) is 39.8 Å². The van der Waals surface area contributed by atoms with Gasteiger partial charge in [0.15, 0.2) is 0 Å². The fourth-order valence-corrected chi connectivity index (χ4v) is 9.30. The first-order valence-corrected chi connectivity index (χ1v) is 16.5. The van der Waals surface area contributed by atoms with Crippen molar-refractivity contribution in [3.63, 3.8) is 0 Å². The zero-order valence-corrected chi connectivity index (χ0v) is 29.3. The van der Waals surface area contributed by atoms with Gasteiger partial charge in [0.05, 0.1) is 11.4 Å². The van der Waals surface area contributed by atoms with Gasteiger partial charge in [-0.15, -0.1) is 0 Å². The molecule has 5 rings (SSSR count). The molecule has 2 aliphatic carbocycles. The molecule has 6 amide bonds. The van der Waals surface area contributed by atoms with Gasteiger partial charge < -0.3 is 10.6 Å². The van der Waals surface area contributed by atoms with Gasteiger partial charge in [0.2, 0.25) is 0 Å². The summed E-state index contributed by atoms with van der Waals surface area (Å²) in [7, 11) is 0. The lowest BCUT2D eigenvalue weighted by Gasteiger charge is -2.53. The Kier molecular flexibility index (Phi) is 8.43. The van der Waals surface area contributed by atoms with Crippen LogP contribution in [0.2, 0.25) is 0 Å². The third-order valence-corrected chi connectivity index (χ3v) is 9.95. The molecular formula is C34H52N8O4. The zero-order valence-electron chi connectivity index (χ0n) is 29.3. The number of hydrogen-bond donors (Lipinski definition) is 2. The normalized spacial score (nSPS) is 29.0. The number of aromatic nitrogens is 4. The molecule has 1 saturated heterocycles. The van der Waals surface area contributed by atoms with Gasteiger partial charge in [0.25, 0.3) is 0 Å². The van der Waals surface area contributed by atoms with Crippen LogP contribution in [0.1, 0.15) is 103 Å². The average Bonchev–Trinajstić information content (AvgIpc) is 3.42. The minimum absolute atomic E-state index is 0.0926. The van der Waals surface area contributed by atoms with Crippen molar-refractivity contribution in [2.45, 2.75) is 120 Å². The standard InChI is InChI=1S/C34H52N8O4/c1-21-11-23(3)41(37-21)27(43)35-25-13-31(5,6)17-33(9,15-25)19-39-29(45)40(30(39)46)20-34(10)16-26(14-32(7,8)18-34)36-28(44)42-24(4)12-22(2)38-42/h11-12,25-26H,13-20H2,1-10H3,(H,35,43)(H,36,44). The summed E-state index contributed by atoms with van der Waals surface area (Å²) in [4.78, 5) is 56.0. The highest BCUT2D eigenvalue weighted by Crippen LogP contribution is 2.49. The first-order chi connectivity index (χ1) is 21.2. The second kappa shape index (κ2) is 11.5. The van der Waals surface area contributed by atoms with E-state index in [0.29, 0.717) is 25.9 Å². The number of aryl methyl sites for hydroxylation is 4. The smallest absolute Gasteiger partial charge is 0.333 e. The van der Waals surface area contributed by atoms with Crippen LogP contribution < -0.4 is 10.6 Å². The van der Waals surface area contributed by atoms with Crippen LogP contribution in [0.3, 0.4) is 0 Å². The predicted octanol–water partition coefficient (Wildman–Crippen LogP) is 6.16. The Morgan fingerprint density at radius 3 is 1.33 bits per heavy atom. The van der Waals surface area contributed by atoms with E-state index in [0.717, 1.165) is 48.5 Å². The van der Waals surface area contributed by atoms with Crippen molar-refractivity contribution in [3.05, 3.63) is 34.9 Å². The van der Waals surface area contributed by atoms with E-state index < -0.39 is 0 Å². The quantitative estimate of drug-likeness (QED) is 0.390. The first kappa shape index (κ1) is 33.7. The largest absolute Gasteiger partial charge is 0.342 e. The van der Waals surface area contributed by atoms with E-state index in [1.165, 1.54) is 19.2 Å². The lowest BCUT2D eigenvalue weighted by molar-refractivity contribution is 0.0116. The number of hydrogen-bond acceptors (Lipinski definition) is 6. The molecule has 4 unspecified atom stereocenters. The van der Waals surface area contributed by atoms with Gasteiger partial charge in [0, 0.05) is 36.6 Å². The Bertz CT molecular complexity index is 1430. The van der Waals surface area contributed by atoms with Crippen LogP contribution in [0, 0.1) is 49.4 Å². The van der Waals surface area contributed by atoms with Crippen LogP contribution in [0.15, 0.2) is 12.1 Å². The lowest BCUT2D eigenvalue weighted by Crippen LogP contribution is -2.68. The fourth-order valence-electron chi connectivity index (χ4n) is 9.30. The van der Waals surface area contributed by atoms with Crippen molar-refractivity contribution in [1.29, 1.82) is 0 Å². The molecule has 12 heteroatoms. The maximum Gasteiger partial charge on any atom is 0.342 e. The van der Waals surface area contributed by atoms with E-state index in [1.54, 1.807) is 0 Å². The third kappa shape index (κ3) is 7.00. The Hall–Kier alpha value is -3.70. The topological polar surface area (TPSA) is 134 Å². The number of amides is 6. The Morgan fingerprint density at radius 2 is 1.02 bits per heavy atom. The zero-order chi connectivity index (χ0) is 34.0. The minimum atomic E-state index is -0.360. The summed E-state index contributed by atoms with van der Waals surface area (Å²) in [6.45, 7) is 21.0. The molecule has 2 aromatic heterocycles. The molecule has 0 radical (unpaired) electrons. The van der Waals surface area contributed by atoms with Gasteiger partial charge in [-0.2, -0.15) is 19.6 Å². The van der Waals surface area contributed by atoms with Crippen LogP contribution in [0.4, 0.5) is 19.2 Å². The van der Waals surface area contributed by atoms with E-state index in [4.69, 9.17) is 0 Å². The average molecular weight is 637 g/mol. The molecule has 4 atom stereocenters. The third-order valence-electron chi connectivity index (χ3n) is 9.95. The highest BCUT2D eigenvalue weighted by Gasteiger charge is 2.53. The molecule has 252 valence electrons. The Morgan fingerprint density at radius 1 is 0.674 bits per heavy atom. The molecule has 0 bridgehead atoms. The van der Waals surface area contributed by atoms with Crippen LogP contribution in [0.25, 0.3) is 0 Å². The molecule has 2 N–H and O–H groups in total. The van der Waals surface area contributed by atoms with Gasteiger partial charge in [-0.05, 0) is 100 Å². The second-order valence-electron chi connectivity index (χ2n) is 16.8. The maximum atomic E-state index is 13.6. The highest BCUT2D eigenvalue weighted by molar-refractivity contribution is 6.11. The van der Waals surface area contributed by atoms with Crippen molar-refractivity contribution in [2.75, 3.05) is 13.1 Å². The summed E-state index contributed by atoms with van der Waals surface area (Å²) in [5, 5.41) is 15.0. The van der Waals surface area contributed by atoms with Crippen molar-refractivity contribution >= 4 is 24.1 Å². The summed E-state index contributed by atoms with van der Waals surface area (Å²) in [6.07, 6.45) is 4.56. The van der Waals surface area contributed by atoms with E-state index in [9.17, 15) is 19.2 Å². The lowest BCUT2D eigenvalue weighted by atomic mass is 9.62. The molecule has 0 spiro atoms. The molecular weight excluding hydrogens is 584 g/mol. The Labute approximate surface area is 272 Å². The molecule has 3 aliphatic rings. The summed E-state index contributed by atoms with van der Waals surface area (Å²) < 4.78 is 2.80. The van der Waals surface area contributed by atoms with Gasteiger partial charge in [-0.3, -0.25) is 0 Å². The fraction of sp³-hybridized carbons (Fsp3) is 0.706. The molecule has 2 aromatic rings. The predicted molar refractivity (Wildman–Crippen MR) is 175 cm³/mol. The van der Waals surface area contributed by atoms with Crippen molar-refractivity contribution < 1.29 is 19.2 Å². The summed E-state index contributed by atoms with van der Waals surface area (Å²) >= 11 is 0. The maximum absolute atomic E-state index is 13.6. The van der Waals surface area contributed by atoms with Crippen LogP contribution >= 0.6 is 0 Å². The number of urea groups is 2. The highest BCUT2D eigenvalue weighted by atomic mass is 16.2. The van der Waals surface area contributed by atoms with E-state index in [2.05, 4.69) is 62.4 Å². The van der Waals surface area contributed by atoms with E-state index in [-0.39, 0.29) is 57.9 Å². The van der Waals surface area contributed by atoms with Crippen molar-refractivity contribution in [3.8, 4) is 0 Å². The van der Waals surface area contributed by atoms with Gasteiger partial charge in [-0.1, -0.05) is 41.5 Å². The summed E-state index contributed by atoms with van der Waals surface area (Å²) in [6, 6.07) is 2.45. The number of carbonyl (C=O) groups excluding carboxylic acids is 4. The summed E-state index contributed by atoms with van der Waals surface area (Å²) in [5.41, 5.74) is 2.21. The van der Waals surface area contributed by atoms with Crippen molar-refractivity contribution in [1.82, 2.24) is 40.0 Å². The molecule has 1 aliphatic heterocycles. The summed E-state index contributed by atoms with van der Waals surface area (Å²) in [5.74, 6) is 0. The molecule has 12 nitrogen and oxygen atoms in total. The van der Waals surface area contributed by atoms with Gasteiger partial charge in [0.1, 0.15) is 0 Å². The number of nitrogens with zero attached hydrogens (tertiary/aromatic N) is 6. The van der Waals surface area contributed by atoms with Gasteiger partial charge in [-0.25, -0.2) is 29.0 Å². The monoisotopic (exact) mass is 636 g/mol. The van der Waals surface area contributed by atoms with Crippen LogP contribution in [-0.2, 0) is 0 Å². The number of imide groups is 2. The van der Waals surface area contributed by atoms with Crippen molar-refractivity contribution in [2.24, 2.45) is 21.7 Å². The molecule has 46 heavy (non-hydrogen) atoms. The second-order valence-corrected chi connectivity index (χ2v) is 16.8. The van der Waals surface area contributed by atoms with Crippen LogP contribution in [0.5, 0.6) is 0 Å². The molecule has 0 aromatic carbocycles. The van der Waals surface area contributed by atoms with E-state index >= 15 is 0 Å². The number of rotatable bonds is 6. The first-order valence-electron chi connectivity index (χ1n) is 16.5. The Balaban J connectivity index is 1.23. The van der Waals surface area contributed by atoms with Crippen LogP contribution in [-0.4, -0.2) is 78.7 Å². The number of carbonyl (C=O) groups is 4. The number of nitrogens with one attached hydrogen (secondary N) is 2. The molecule has 3 fully saturated rings. The molecule has 2 saturated carbocycles. The SMILES string of the molecule is Cc1cc(C)n(C(=O)NC2CC(C)(C)CC(C)(CN3C(=O)N(CC4(C)CC(NC(=O)n5nc(C)cc5C)CC(C)(C)C4)C3=O)C2)n1. The minimum Gasteiger partial charge on any atom is -0.333 e.